The summed E-state index contributed by atoms with van der Waals surface area (Å²) in [5.41, 5.74) is 12.1. The van der Waals surface area contributed by atoms with Crippen molar-refractivity contribution < 1.29 is 4.79 Å². The van der Waals surface area contributed by atoms with E-state index in [1.54, 1.807) is 24.3 Å². The fraction of sp³-hybridized carbons (Fsp3) is 0.0909. The first-order chi connectivity index (χ1) is 8.99. The van der Waals surface area contributed by atoms with Gasteiger partial charge in [0.05, 0.1) is 5.69 Å². The van der Waals surface area contributed by atoms with E-state index in [1.807, 2.05) is 0 Å². The lowest BCUT2D eigenvalue weighted by Crippen LogP contribution is -2.10. The highest BCUT2D eigenvalue weighted by molar-refractivity contribution is 6.30. The summed E-state index contributed by atoms with van der Waals surface area (Å²) in [5, 5.41) is 12.2. The lowest BCUT2D eigenvalue weighted by molar-refractivity contribution is 0.0924. The third-order valence-corrected chi connectivity index (χ3v) is 2.56. The second-order valence-corrected chi connectivity index (χ2v) is 4.16. The number of rotatable bonds is 2. The molecule has 0 saturated carbocycles. The van der Waals surface area contributed by atoms with E-state index in [-0.39, 0.29) is 23.2 Å². The molecule has 1 aromatic carbocycles. The fourth-order valence-electron chi connectivity index (χ4n) is 1.40. The molecule has 0 radical (unpaired) electrons. The van der Waals surface area contributed by atoms with Crippen LogP contribution in [0.25, 0.3) is 0 Å². The highest BCUT2D eigenvalue weighted by atomic mass is 35.5. The smallest absolute Gasteiger partial charge is 0.245 e. The van der Waals surface area contributed by atoms with Gasteiger partial charge in [-0.2, -0.15) is 9.80 Å². The Labute approximate surface area is 113 Å². The van der Waals surface area contributed by atoms with Crippen LogP contribution in [0.2, 0.25) is 5.02 Å². The maximum atomic E-state index is 11.2. The van der Waals surface area contributed by atoms with Crippen molar-refractivity contribution in [3.8, 4) is 0 Å². The van der Waals surface area contributed by atoms with Gasteiger partial charge in [0.2, 0.25) is 5.91 Å². The third kappa shape index (κ3) is 2.71. The van der Waals surface area contributed by atoms with Crippen LogP contribution in [0.3, 0.4) is 0 Å². The van der Waals surface area contributed by atoms with Crippen LogP contribution >= 0.6 is 11.6 Å². The lowest BCUT2D eigenvalue weighted by Gasteiger charge is -1.96. The molecule has 0 fully saturated rings. The Morgan fingerprint density at radius 2 is 1.89 bits per heavy atom. The number of nitrogens with zero attached hydrogens (tertiary/aromatic N) is 4. The zero-order valence-electron chi connectivity index (χ0n) is 10.0. The number of azo groups is 1. The Bertz CT molecular complexity index is 646. The van der Waals surface area contributed by atoms with Gasteiger partial charge in [-0.15, -0.1) is 10.2 Å². The van der Waals surface area contributed by atoms with Gasteiger partial charge in [-0.3, -0.25) is 4.79 Å². The van der Waals surface area contributed by atoms with E-state index < -0.39 is 0 Å². The second-order valence-electron chi connectivity index (χ2n) is 3.73. The number of halogens is 1. The van der Waals surface area contributed by atoms with Crippen LogP contribution in [0.4, 0.5) is 23.0 Å². The molecule has 2 aromatic rings. The second kappa shape index (κ2) is 5.07. The number of nitrogens with two attached hydrogens (primary N) is 2. The molecule has 0 unspecified atom stereocenters. The molecule has 0 spiro atoms. The molecule has 98 valence electrons. The highest BCUT2D eigenvalue weighted by Gasteiger charge is 2.15. The molecule has 1 heterocycles. The highest BCUT2D eigenvalue weighted by Crippen LogP contribution is 2.30. The van der Waals surface area contributed by atoms with Crippen molar-refractivity contribution in [2.75, 3.05) is 11.5 Å². The van der Waals surface area contributed by atoms with Gasteiger partial charge in [0.25, 0.3) is 0 Å². The first kappa shape index (κ1) is 13.0. The molecule has 0 amide bonds. The number of aromatic nitrogens is 2. The van der Waals surface area contributed by atoms with E-state index in [2.05, 4.69) is 15.3 Å². The van der Waals surface area contributed by atoms with Crippen molar-refractivity contribution in [3.05, 3.63) is 29.3 Å². The summed E-state index contributed by atoms with van der Waals surface area (Å²) in [6.07, 6.45) is 0. The van der Waals surface area contributed by atoms with E-state index in [9.17, 15) is 4.79 Å². The number of carbonyl (C=O) groups is 1. The molecule has 8 heteroatoms. The Morgan fingerprint density at radius 3 is 2.42 bits per heavy atom. The molecular weight excluding hydrogens is 268 g/mol. The first-order valence-corrected chi connectivity index (χ1v) is 5.69. The van der Waals surface area contributed by atoms with Gasteiger partial charge in [-0.05, 0) is 24.3 Å². The number of benzene rings is 1. The quantitative estimate of drug-likeness (QED) is 0.822. The minimum Gasteiger partial charge on any atom is -0.382 e. The van der Waals surface area contributed by atoms with E-state index in [4.69, 9.17) is 23.1 Å². The lowest BCUT2D eigenvalue weighted by atomic mass is 10.3. The Kier molecular flexibility index (Phi) is 3.48. The zero-order chi connectivity index (χ0) is 14.0. The predicted molar refractivity (Wildman–Crippen MR) is 73.0 cm³/mol. The van der Waals surface area contributed by atoms with Crippen LogP contribution in [-0.2, 0) is 0 Å². The number of nitrogen functional groups attached to an aromatic ring is 2. The van der Waals surface area contributed by atoms with Gasteiger partial charge in [-0.25, -0.2) is 0 Å². The van der Waals surface area contributed by atoms with Crippen LogP contribution < -0.4 is 11.5 Å². The number of hydrogen-bond acceptors (Lipinski definition) is 6. The third-order valence-electron chi connectivity index (χ3n) is 2.31. The molecule has 2 rings (SSSR count). The normalized spacial score (nSPS) is 11.1. The maximum Gasteiger partial charge on any atom is 0.245 e. The Hall–Kier alpha value is -2.41. The number of carbonyl (C=O) groups excluding carboxylic acids is 1. The summed E-state index contributed by atoms with van der Waals surface area (Å²) < 4.78 is 0.978. The average Bonchev–Trinajstić information content (AvgIpc) is 2.65. The Balaban J connectivity index is 2.33. The van der Waals surface area contributed by atoms with Crippen LogP contribution in [0.1, 0.15) is 11.7 Å². The summed E-state index contributed by atoms with van der Waals surface area (Å²) in [7, 11) is 0. The molecule has 0 aliphatic carbocycles. The summed E-state index contributed by atoms with van der Waals surface area (Å²) in [6.45, 7) is 1.32. The minimum absolute atomic E-state index is 0.0467. The first-order valence-electron chi connectivity index (χ1n) is 5.31. The fourth-order valence-corrected chi connectivity index (χ4v) is 1.52. The molecule has 0 aliphatic rings. The Morgan fingerprint density at radius 1 is 1.26 bits per heavy atom. The summed E-state index contributed by atoms with van der Waals surface area (Å²) in [4.78, 5) is 11.2. The number of hydrogen-bond donors (Lipinski definition) is 2. The van der Waals surface area contributed by atoms with E-state index in [0.717, 1.165) is 4.68 Å². The van der Waals surface area contributed by atoms with Gasteiger partial charge in [0.15, 0.2) is 17.3 Å². The van der Waals surface area contributed by atoms with E-state index in [0.29, 0.717) is 10.7 Å². The predicted octanol–water partition coefficient (Wildman–Crippen LogP) is 2.78. The maximum absolute atomic E-state index is 11.2. The van der Waals surface area contributed by atoms with Crippen LogP contribution in [-0.4, -0.2) is 15.7 Å². The van der Waals surface area contributed by atoms with Crippen LogP contribution in [0, 0.1) is 0 Å². The van der Waals surface area contributed by atoms with Crippen LogP contribution in [0.5, 0.6) is 0 Å². The molecule has 0 bridgehead atoms. The average molecular weight is 279 g/mol. The summed E-state index contributed by atoms with van der Waals surface area (Å²) in [5.74, 6) is -0.245. The van der Waals surface area contributed by atoms with Crippen molar-refractivity contribution in [1.29, 1.82) is 0 Å². The van der Waals surface area contributed by atoms with Gasteiger partial charge >= 0.3 is 0 Å². The molecule has 19 heavy (non-hydrogen) atoms. The van der Waals surface area contributed by atoms with Crippen molar-refractivity contribution in [2.24, 2.45) is 10.2 Å². The van der Waals surface area contributed by atoms with Crippen LogP contribution in [0.15, 0.2) is 34.5 Å². The van der Waals surface area contributed by atoms with Crippen molar-refractivity contribution in [2.45, 2.75) is 6.92 Å². The summed E-state index contributed by atoms with van der Waals surface area (Å²) >= 11 is 5.75. The molecule has 7 nitrogen and oxygen atoms in total. The molecule has 0 aliphatic heterocycles. The van der Waals surface area contributed by atoms with Gasteiger partial charge < -0.3 is 11.5 Å². The summed E-state index contributed by atoms with van der Waals surface area (Å²) in [6, 6.07) is 6.74. The van der Waals surface area contributed by atoms with E-state index in [1.165, 1.54) is 6.92 Å². The minimum atomic E-state index is -0.350. The molecular formula is C11H11ClN6O. The molecule has 0 atom stereocenters. The van der Waals surface area contributed by atoms with Gasteiger partial charge in [0.1, 0.15) is 0 Å². The van der Waals surface area contributed by atoms with Gasteiger partial charge in [-0.1, -0.05) is 11.6 Å². The van der Waals surface area contributed by atoms with Crippen molar-refractivity contribution in [1.82, 2.24) is 9.78 Å². The molecule has 0 saturated heterocycles. The monoisotopic (exact) mass is 278 g/mol. The topological polar surface area (TPSA) is 112 Å². The number of anilines is 2. The standard InChI is InChI=1S/C11H11ClN6O/c1-6(19)18-11(14)9(10(13)17-18)16-15-8-4-2-7(12)3-5-8/h2-5H,14H2,1H3,(H2,13,17). The van der Waals surface area contributed by atoms with Crippen molar-refractivity contribution >= 4 is 40.5 Å². The largest absolute Gasteiger partial charge is 0.382 e. The SMILES string of the molecule is CC(=O)n1nc(N)c(N=Nc2ccc(Cl)cc2)c1N. The van der Waals surface area contributed by atoms with E-state index >= 15 is 0 Å². The molecule has 1 aromatic heterocycles. The molecule has 4 N–H and O–H groups in total. The zero-order valence-corrected chi connectivity index (χ0v) is 10.8. The van der Waals surface area contributed by atoms with Gasteiger partial charge in [0, 0.05) is 11.9 Å². The van der Waals surface area contributed by atoms with Crippen molar-refractivity contribution in [3.63, 3.8) is 0 Å².